The first-order valence-electron chi connectivity index (χ1n) is 5.22. The van der Waals surface area contributed by atoms with Gasteiger partial charge in [0.1, 0.15) is 0 Å². The number of rotatable bonds is 2. The monoisotopic (exact) mass is 180 g/mol. The number of carbonyl (C=O) groups excluding carboxylic acids is 1. The van der Waals surface area contributed by atoms with Gasteiger partial charge in [-0.3, -0.25) is 4.79 Å². The Morgan fingerprint density at radius 2 is 2.08 bits per heavy atom. The largest absolute Gasteiger partial charge is 0.295 e. The second-order valence-electron chi connectivity index (χ2n) is 4.56. The van der Waals surface area contributed by atoms with Gasteiger partial charge in [0.15, 0.2) is 5.78 Å². The third-order valence-corrected chi connectivity index (χ3v) is 3.24. The molecule has 1 atom stereocenters. The highest BCUT2D eigenvalue weighted by molar-refractivity contribution is 5.94. The van der Waals surface area contributed by atoms with Crippen LogP contribution in [0.1, 0.15) is 47.0 Å². The topological polar surface area (TPSA) is 17.1 Å². The van der Waals surface area contributed by atoms with Gasteiger partial charge in [-0.15, -0.1) is 0 Å². The molecule has 1 nitrogen and oxygen atoms in total. The molecule has 1 rings (SSSR count). The van der Waals surface area contributed by atoms with Crippen LogP contribution >= 0.6 is 0 Å². The van der Waals surface area contributed by atoms with Crippen LogP contribution in [0.4, 0.5) is 0 Å². The second-order valence-corrected chi connectivity index (χ2v) is 4.56. The molecule has 0 saturated carbocycles. The summed E-state index contributed by atoms with van der Waals surface area (Å²) in [5.41, 5.74) is 2.43. The van der Waals surface area contributed by atoms with E-state index in [0.29, 0.717) is 5.92 Å². The molecule has 0 amide bonds. The fraction of sp³-hybridized carbons (Fsp3) is 0.750. The van der Waals surface area contributed by atoms with Crippen LogP contribution in [0.5, 0.6) is 0 Å². The van der Waals surface area contributed by atoms with Gasteiger partial charge in [0.2, 0.25) is 0 Å². The normalized spacial score (nSPS) is 23.9. The number of hydrogen-bond acceptors (Lipinski definition) is 1. The van der Waals surface area contributed by atoms with Gasteiger partial charge in [-0.1, -0.05) is 19.4 Å². The molecule has 0 N–H and O–H groups in total. The molecular formula is C12H20O. The summed E-state index contributed by atoms with van der Waals surface area (Å²) < 4.78 is 0. The molecule has 0 spiro atoms. The van der Waals surface area contributed by atoms with E-state index in [1.807, 2.05) is 0 Å². The summed E-state index contributed by atoms with van der Waals surface area (Å²) in [6.07, 6.45) is 3.40. The van der Waals surface area contributed by atoms with Crippen LogP contribution in [0.15, 0.2) is 11.1 Å². The van der Waals surface area contributed by atoms with Crippen molar-refractivity contribution in [1.29, 1.82) is 0 Å². The van der Waals surface area contributed by atoms with E-state index in [4.69, 9.17) is 0 Å². The highest BCUT2D eigenvalue weighted by Gasteiger charge is 2.23. The van der Waals surface area contributed by atoms with Crippen molar-refractivity contribution >= 4 is 5.78 Å². The second kappa shape index (κ2) is 4.08. The van der Waals surface area contributed by atoms with E-state index < -0.39 is 0 Å². The summed E-state index contributed by atoms with van der Waals surface area (Å²) in [6.45, 7) is 8.31. The number of carbonyl (C=O) groups is 1. The van der Waals surface area contributed by atoms with E-state index in [0.717, 1.165) is 24.3 Å². The first kappa shape index (κ1) is 10.5. The Kier molecular flexibility index (Phi) is 3.29. The molecule has 0 aromatic rings. The molecule has 74 valence electrons. The molecule has 1 aliphatic carbocycles. The Hall–Kier alpha value is -0.590. The molecular weight excluding hydrogens is 160 g/mol. The summed E-state index contributed by atoms with van der Waals surface area (Å²) >= 11 is 0. The van der Waals surface area contributed by atoms with Crippen molar-refractivity contribution in [3.8, 4) is 0 Å². The van der Waals surface area contributed by atoms with Crippen molar-refractivity contribution in [3.63, 3.8) is 0 Å². The summed E-state index contributed by atoms with van der Waals surface area (Å²) in [4.78, 5) is 11.3. The molecule has 0 radical (unpaired) electrons. The van der Waals surface area contributed by atoms with Crippen molar-refractivity contribution in [2.24, 2.45) is 11.8 Å². The van der Waals surface area contributed by atoms with Crippen LogP contribution in [0, 0.1) is 11.8 Å². The molecule has 0 saturated heterocycles. The van der Waals surface area contributed by atoms with Crippen LogP contribution < -0.4 is 0 Å². The van der Waals surface area contributed by atoms with Gasteiger partial charge in [0.25, 0.3) is 0 Å². The van der Waals surface area contributed by atoms with Gasteiger partial charge in [0, 0.05) is 0 Å². The quantitative estimate of drug-likeness (QED) is 0.637. The zero-order chi connectivity index (χ0) is 10.0. The third-order valence-electron chi connectivity index (χ3n) is 3.24. The van der Waals surface area contributed by atoms with Gasteiger partial charge in [-0.25, -0.2) is 0 Å². The summed E-state index contributed by atoms with van der Waals surface area (Å²) in [6, 6.07) is 0. The fourth-order valence-electron chi connectivity index (χ4n) is 2.10. The summed E-state index contributed by atoms with van der Waals surface area (Å²) in [5.74, 6) is 1.72. The molecule has 1 heteroatoms. The summed E-state index contributed by atoms with van der Waals surface area (Å²) in [7, 11) is 0. The van der Waals surface area contributed by atoms with Crippen molar-refractivity contribution in [2.45, 2.75) is 47.0 Å². The van der Waals surface area contributed by atoms with E-state index in [-0.39, 0.29) is 5.78 Å². The fourth-order valence-corrected chi connectivity index (χ4v) is 2.10. The highest BCUT2D eigenvalue weighted by atomic mass is 16.1. The molecule has 0 aromatic carbocycles. The molecule has 0 fully saturated rings. The van der Waals surface area contributed by atoms with Crippen molar-refractivity contribution in [2.75, 3.05) is 0 Å². The van der Waals surface area contributed by atoms with E-state index in [1.165, 1.54) is 12.0 Å². The number of Topliss-reactive ketones (excluding diaryl/α,β-unsaturated/α-hetero) is 1. The average molecular weight is 180 g/mol. The maximum absolute atomic E-state index is 11.3. The van der Waals surface area contributed by atoms with Crippen molar-refractivity contribution in [3.05, 3.63) is 11.1 Å². The zero-order valence-electron chi connectivity index (χ0n) is 9.18. The minimum absolute atomic E-state index is 0.280. The van der Waals surface area contributed by atoms with E-state index in [1.54, 1.807) is 6.92 Å². The number of hydrogen-bond donors (Lipinski definition) is 0. The average Bonchev–Trinajstić information content (AvgIpc) is 2.04. The lowest BCUT2D eigenvalue weighted by molar-refractivity contribution is -0.114. The van der Waals surface area contributed by atoms with Crippen molar-refractivity contribution < 1.29 is 4.79 Å². The van der Waals surface area contributed by atoms with Gasteiger partial charge in [-0.2, -0.15) is 0 Å². The van der Waals surface area contributed by atoms with Crippen LogP contribution in [0.25, 0.3) is 0 Å². The Labute approximate surface area is 81.2 Å². The third kappa shape index (κ3) is 2.43. The zero-order valence-corrected chi connectivity index (χ0v) is 9.18. The Balaban J connectivity index is 2.76. The first-order valence-corrected chi connectivity index (χ1v) is 5.22. The lowest BCUT2D eigenvalue weighted by atomic mass is 9.78. The van der Waals surface area contributed by atoms with Gasteiger partial charge < -0.3 is 0 Å². The van der Waals surface area contributed by atoms with Crippen LogP contribution in [-0.4, -0.2) is 5.78 Å². The van der Waals surface area contributed by atoms with Gasteiger partial charge in [0.05, 0.1) is 0 Å². The molecule has 13 heavy (non-hydrogen) atoms. The maximum atomic E-state index is 11.3. The number of allylic oxidation sites excluding steroid dienone is 2. The lowest BCUT2D eigenvalue weighted by Crippen LogP contribution is -2.18. The number of ketones is 1. The van der Waals surface area contributed by atoms with Crippen LogP contribution in [-0.2, 0) is 4.79 Å². The SMILES string of the molecule is CC(=O)C1=C(C)CC[C@H](C(C)C)C1. The molecule has 0 bridgehead atoms. The minimum Gasteiger partial charge on any atom is -0.295 e. The standard InChI is InChI=1S/C12H20O/c1-8(2)11-6-5-9(3)12(7-11)10(4)13/h8,11H,5-7H2,1-4H3/t11-/m0/s1. The Bertz CT molecular complexity index is 236. The first-order chi connectivity index (χ1) is 6.02. The Morgan fingerprint density at radius 1 is 1.46 bits per heavy atom. The van der Waals surface area contributed by atoms with Crippen molar-refractivity contribution in [1.82, 2.24) is 0 Å². The van der Waals surface area contributed by atoms with Gasteiger partial charge >= 0.3 is 0 Å². The van der Waals surface area contributed by atoms with E-state index in [2.05, 4.69) is 20.8 Å². The minimum atomic E-state index is 0.280. The molecule has 0 aromatic heterocycles. The van der Waals surface area contributed by atoms with Gasteiger partial charge in [-0.05, 0) is 50.5 Å². The summed E-state index contributed by atoms with van der Waals surface area (Å²) in [5, 5.41) is 0. The van der Waals surface area contributed by atoms with E-state index >= 15 is 0 Å². The molecule has 0 aliphatic heterocycles. The maximum Gasteiger partial charge on any atom is 0.155 e. The predicted octanol–water partition coefficient (Wildman–Crippen LogP) is 3.35. The molecule has 1 aliphatic rings. The Morgan fingerprint density at radius 3 is 2.54 bits per heavy atom. The van der Waals surface area contributed by atoms with E-state index in [9.17, 15) is 4.79 Å². The van der Waals surface area contributed by atoms with Crippen LogP contribution in [0.2, 0.25) is 0 Å². The highest BCUT2D eigenvalue weighted by Crippen LogP contribution is 2.33. The smallest absolute Gasteiger partial charge is 0.155 e. The predicted molar refractivity (Wildman–Crippen MR) is 55.6 cm³/mol. The molecule has 0 unspecified atom stereocenters. The molecule has 0 heterocycles. The van der Waals surface area contributed by atoms with Crippen LogP contribution in [0.3, 0.4) is 0 Å². The lowest BCUT2D eigenvalue weighted by Gasteiger charge is -2.27.